The zero-order chi connectivity index (χ0) is 17.6. The summed E-state index contributed by atoms with van der Waals surface area (Å²) in [7, 11) is 0. The number of carbonyl (C=O) groups is 1. The number of carbonyl (C=O) groups excluding carboxylic acids is 1. The molecular formula is C18H15FN4O2. The van der Waals surface area contributed by atoms with Crippen molar-refractivity contribution in [3.05, 3.63) is 78.0 Å². The number of nitrogens with one attached hydrogen (secondary N) is 1. The Balaban J connectivity index is 1.63. The minimum Gasteiger partial charge on any atom is -0.439 e. The maximum Gasteiger partial charge on any atom is 0.252 e. The van der Waals surface area contributed by atoms with Gasteiger partial charge in [-0.1, -0.05) is 6.07 Å². The Morgan fingerprint density at radius 2 is 1.92 bits per heavy atom. The fourth-order valence-corrected chi connectivity index (χ4v) is 2.14. The second-order valence-corrected chi connectivity index (χ2v) is 5.20. The van der Waals surface area contributed by atoms with Crippen LogP contribution >= 0.6 is 0 Å². The first-order valence-corrected chi connectivity index (χ1v) is 7.48. The molecule has 7 heteroatoms. The Kier molecular flexibility index (Phi) is 4.84. The van der Waals surface area contributed by atoms with Crippen molar-refractivity contribution < 1.29 is 13.9 Å². The predicted molar refractivity (Wildman–Crippen MR) is 90.8 cm³/mol. The van der Waals surface area contributed by atoms with E-state index in [0.29, 0.717) is 29.4 Å². The summed E-state index contributed by atoms with van der Waals surface area (Å²) in [6.45, 7) is 0.453. The molecule has 0 unspecified atom stereocenters. The number of rotatable bonds is 6. The summed E-state index contributed by atoms with van der Waals surface area (Å²) in [6, 6.07) is 10.9. The first-order valence-electron chi connectivity index (χ1n) is 7.48. The Labute approximate surface area is 143 Å². The lowest BCUT2D eigenvalue weighted by molar-refractivity contribution is 0.100. The second kappa shape index (κ2) is 7.39. The molecular weight excluding hydrogens is 323 g/mol. The molecule has 2 heterocycles. The number of nitrogens with two attached hydrogens (primary N) is 1. The quantitative estimate of drug-likeness (QED) is 0.721. The van der Waals surface area contributed by atoms with Gasteiger partial charge >= 0.3 is 0 Å². The summed E-state index contributed by atoms with van der Waals surface area (Å²) >= 11 is 0. The van der Waals surface area contributed by atoms with Crippen LogP contribution in [0.25, 0.3) is 0 Å². The van der Waals surface area contributed by atoms with Gasteiger partial charge in [-0.05, 0) is 35.9 Å². The number of primary amides is 1. The number of ether oxygens (including phenoxy) is 1. The van der Waals surface area contributed by atoms with Crippen molar-refractivity contribution in [1.82, 2.24) is 9.97 Å². The van der Waals surface area contributed by atoms with Gasteiger partial charge in [-0.25, -0.2) is 9.37 Å². The molecule has 6 nitrogen and oxygen atoms in total. The van der Waals surface area contributed by atoms with E-state index in [-0.39, 0.29) is 5.82 Å². The summed E-state index contributed by atoms with van der Waals surface area (Å²) in [6.07, 6.45) is 4.65. The lowest BCUT2D eigenvalue weighted by Crippen LogP contribution is -2.14. The topological polar surface area (TPSA) is 90.1 Å². The van der Waals surface area contributed by atoms with Crippen molar-refractivity contribution in [1.29, 1.82) is 0 Å². The van der Waals surface area contributed by atoms with Crippen molar-refractivity contribution in [3.8, 4) is 11.6 Å². The molecule has 3 rings (SSSR count). The highest BCUT2D eigenvalue weighted by atomic mass is 19.1. The van der Waals surface area contributed by atoms with E-state index >= 15 is 0 Å². The Morgan fingerprint density at radius 3 is 2.60 bits per heavy atom. The number of benzene rings is 1. The molecule has 3 N–H and O–H groups in total. The predicted octanol–water partition coefficient (Wildman–Crippen LogP) is 3.12. The monoisotopic (exact) mass is 338 g/mol. The van der Waals surface area contributed by atoms with Crippen LogP contribution in [-0.2, 0) is 6.54 Å². The summed E-state index contributed by atoms with van der Waals surface area (Å²) < 4.78 is 18.4. The molecule has 0 spiro atoms. The van der Waals surface area contributed by atoms with Crippen LogP contribution in [0, 0.1) is 5.82 Å². The minimum absolute atomic E-state index is 0.326. The first-order chi connectivity index (χ1) is 12.1. The molecule has 126 valence electrons. The molecule has 0 aliphatic carbocycles. The normalized spacial score (nSPS) is 10.3. The largest absolute Gasteiger partial charge is 0.439 e. The molecule has 25 heavy (non-hydrogen) atoms. The summed E-state index contributed by atoms with van der Waals surface area (Å²) in [5.41, 5.74) is 7.13. The lowest BCUT2D eigenvalue weighted by atomic mass is 10.2. The minimum atomic E-state index is -0.545. The van der Waals surface area contributed by atoms with Crippen molar-refractivity contribution in [2.75, 3.05) is 5.32 Å². The zero-order valence-corrected chi connectivity index (χ0v) is 13.1. The molecule has 0 radical (unpaired) electrons. The molecule has 0 saturated heterocycles. The number of pyridine rings is 2. The Hall–Kier alpha value is -3.48. The number of aromatic nitrogens is 2. The van der Waals surface area contributed by atoms with Crippen LogP contribution in [0.3, 0.4) is 0 Å². The smallest absolute Gasteiger partial charge is 0.252 e. The standard InChI is InChI=1S/C18H15FN4O2/c19-13-2-4-14(5-3-13)25-17-6-1-12(10-23-17)9-22-16-7-8-21-11-15(16)18(20)24/h1-8,10-11H,9H2,(H2,20,24)(H,21,22). The molecule has 2 aromatic heterocycles. The van der Waals surface area contributed by atoms with Crippen LogP contribution in [-0.4, -0.2) is 15.9 Å². The number of nitrogens with zero attached hydrogens (tertiary/aromatic N) is 2. The van der Waals surface area contributed by atoms with E-state index in [4.69, 9.17) is 10.5 Å². The first kappa shape index (κ1) is 16.4. The maximum atomic E-state index is 12.9. The molecule has 0 fully saturated rings. The number of halogens is 1. The molecule has 0 aliphatic heterocycles. The summed E-state index contributed by atoms with van der Waals surface area (Å²) in [5.74, 6) is 0.0321. The van der Waals surface area contributed by atoms with E-state index in [1.807, 2.05) is 6.07 Å². The van der Waals surface area contributed by atoms with Gasteiger partial charge in [0.15, 0.2) is 0 Å². The van der Waals surface area contributed by atoms with Gasteiger partial charge in [-0.3, -0.25) is 9.78 Å². The van der Waals surface area contributed by atoms with Gasteiger partial charge in [0.1, 0.15) is 11.6 Å². The van der Waals surface area contributed by atoms with E-state index in [1.54, 1.807) is 24.5 Å². The van der Waals surface area contributed by atoms with Crippen LogP contribution in [0.2, 0.25) is 0 Å². The molecule has 0 saturated carbocycles. The highest BCUT2D eigenvalue weighted by molar-refractivity contribution is 5.98. The van der Waals surface area contributed by atoms with Gasteiger partial charge in [0.2, 0.25) is 5.88 Å². The van der Waals surface area contributed by atoms with Gasteiger partial charge in [0.25, 0.3) is 5.91 Å². The summed E-state index contributed by atoms with van der Waals surface area (Å²) in [4.78, 5) is 19.5. The van der Waals surface area contributed by atoms with Crippen LogP contribution in [0.1, 0.15) is 15.9 Å². The number of hydrogen-bond donors (Lipinski definition) is 2. The van der Waals surface area contributed by atoms with Crippen LogP contribution in [0.4, 0.5) is 10.1 Å². The highest BCUT2D eigenvalue weighted by Gasteiger charge is 2.07. The van der Waals surface area contributed by atoms with Crippen molar-refractivity contribution in [2.24, 2.45) is 5.73 Å². The molecule has 0 aliphatic rings. The van der Waals surface area contributed by atoms with Crippen molar-refractivity contribution >= 4 is 11.6 Å². The Morgan fingerprint density at radius 1 is 1.12 bits per heavy atom. The van der Waals surface area contributed by atoms with E-state index in [0.717, 1.165) is 5.56 Å². The SMILES string of the molecule is NC(=O)c1cnccc1NCc1ccc(Oc2ccc(F)cc2)nc1. The number of anilines is 1. The van der Waals surface area contributed by atoms with Gasteiger partial charge in [0, 0.05) is 31.2 Å². The van der Waals surface area contributed by atoms with Crippen LogP contribution in [0.15, 0.2) is 61.1 Å². The third-order valence-corrected chi connectivity index (χ3v) is 3.40. The lowest BCUT2D eigenvalue weighted by Gasteiger charge is -2.10. The number of hydrogen-bond acceptors (Lipinski definition) is 5. The molecule has 0 atom stereocenters. The summed E-state index contributed by atoms with van der Waals surface area (Å²) in [5, 5.41) is 3.12. The van der Waals surface area contributed by atoms with E-state index in [9.17, 15) is 9.18 Å². The van der Waals surface area contributed by atoms with Gasteiger partial charge in [-0.2, -0.15) is 0 Å². The van der Waals surface area contributed by atoms with Crippen LogP contribution < -0.4 is 15.8 Å². The molecule has 1 amide bonds. The van der Waals surface area contributed by atoms with Gasteiger partial charge in [-0.15, -0.1) is 0 Å². The Bertz CT molecular complexity index is 867. The van der Waals surface area contributed by atoms with Crippen molar-refractivity contribution in [2.45, 2.75) is 6.54 Å². The highest BCUT2D eigenvalue weighted by Crippen LogP contribution is 2.20. The van der Waals surface area contributed by atoms with E-state index in [2.05, 4.69) is 15.3 Å². The average molecular weight is 338 g/mol. The molecule has 0 bridgehead atoms. The average Bonchev–Trinajstić information content (AvgIpc) is 2.63. The van der Waals surface area contributed by atoms with Gasteiger partial charge < -0.3 is 15.8 Å². The van der Waals surface area contributed by atoms with E-state index in [1.165, 1.54) is 30.5 Å². The second-order valence-electron chi connectivity index (χ2n) is 5.20. The van der Waals surface area contributed by atoms with Gasteiger partial charge in [0.05, 0.1) is 11.3 Å². The zero-order valence-electron chi connectivity index (χ0n) is 13.1. The van der Waals surface area contributed by atoms with Crippen LogP contribution in [0.5, 0.6) is 11.6 Å². The third kappa shape index (κ3) is 4.29. The maximum absolute atomic E-state index is 12.9. The fraction of sp³-hybridized carbons (Fsp3) is 0.0556. The van der Waals surface area contributed by atoms with E-state index < -0.39 is 5.91 Å². The fourth-order valence-electron chi connectivity index (χ4n) is 2.14. The molecule has 1 aromatic carbocycles. The number of amides is 1. The van der Waals surface area contributed by atoms with Crippen molar-refractivity contribution in [3.63, 3.8) is 0 Å². The molecule has 3 aromatic rings. The third-order valence-electron chi connectivity index (χ3n) is 3.40.